The number of hydrogen-bond acceptors (Lipinski definition) is 4. The monoisotopic (exact) mass is 307 g/mol. The molecule has 1 aromatic rings. The number of piperidine rings is 1. The SMILES string of the molecule is CCOc1cc(C2CN(C)CCC2NC(N)=O)ccc1OC. The van der Waals surface area contributed by atoms with E-state index in [0.717, 1.165) is 30.8 Å². The van der Waals surface area contributed by atoms with Gasteiger partial charge in [0.2, 0.25) is 0 Å². The van der Waals surface area contributed by atoms with Crippen LogP contribution in [0.2, 0.25) is 0 Å². The van der Waals surface area contributed by atoms with Gasteiger partial charge in [0.25, 0.3) is 0 Å². The molecule has 2 atom stereocenters. The molecule has 1 aliphatic heterocycles. The van der Waals surface area contributed by atoms with Gasteiger partial charge < -0.3 is 25.4 Å². The van der Waals surface area contributed by atoms with E-state index in [1.807, 2.05) is 25.1 Å². The normalized spacial score (nSPS) is 22.1. The van der Waals surface area contributed by atoms with E-state index < -0.39 is 6.03 Å². The molecule has 1 saturated heterocycles. The number of nitrogens with two attached hydrogens (primary N) is 1. The number of likely N-dealkylation sites (tertiary alicyclic amines) is 1. The lowest BCUT2D eigenvalue weighted by atomic mass is 9.86. The van der Waals surface area contributed by atoms with Gasteiger partial charge in [-0.25, -0.2) is 4.79 Å². The molecule has 0 spiro atoms. The summed E-state index contributed by atoms with van der Waals surface area (Å²) in [5.74, 6) is 1.62. The number of hydrogen-bond donors (Lipinski definition) is 2. The Morgan fingerprint density at radius 2 is 2.23 bits per heavy atom. The van der Waals surface area contributed by atoms with Gasteiger partial charge in [-0.1, -0.05) is 6.07 Å². The number of carbonyl (C=O) groups is 1. The Kier molecular flexibility index (Phi) is 5.49. The molecule has 1 heterocycles. The third-order valence-corrected chi connectivity index (χ3v) is 4.06. The van der Waals surface area contributed by atoms with Crippen LogP contribution in [0.4, 0.5) is 4.79 Å². The van der Waals surface area contributed by atoms with Gasteiger partial charge in [0, 0.05) is 18.5 Å². The number of nitrogens with one attached hydrogen (secondary N) is 1. The van der Waals surface area contributed by atoms with Crippen molar-refractivity contribution in [2.24, 2.45) is 5.73 Å². The number of ether oxygens (including phenoxy) is 2. The predicted octanol–water partition coefficient (Wildman–Crippen LogP) is 1.55. The number of benzene rings is 1. The maximum absolute atomic E-state index is 11.2. The maximum Gasteiger partial charge on any atom is 0.312 e. The molecule has 1 aromatic carbocycles. The fraction of sp³-hybridized carbons (Fsp3) is 0.562. The number of urea groups is 1. The molecule has 1 fully saturated rings. The standard InChI is InChI=1S/C16H25N3O3/c1-4-22-15-9-11(5-6-14(15)21-3)12-10-19(2)8-7-13(12)18-16(17)20/h5-6,9,12-13H,4,7-8,10H2,1-3H3,(H3,17,18,20). The van der Waals surface area contributed by atoms with Crippen LogP contribution in [0.3, 0.4) is 0 Å². The number of rotatable bonds is 5. The maximum atomic E-state index is 11.2. The fourth-order valence-corrected chi connectivity index (χ4v) is 3.00. The number of primary amides is 1. The number of carbonyl (C=O) groups excluding carboxylic acids is 1. The van der Waals surface area contributed by atoms with Crippen LogP contribution in [0.15, 0.2) is 18.2 Å². The zero-order valence-electron chi connectivity index (χ0n) is 13.5. The average Bonchev–Trinajstić information content (AvgIpc) is 2.49. The molecule has 122 valence electrons. The third-order valence-electron chi connectivity index (χ3n) is 4.06. The minimum atomic E-state index is -0.474. The third kappa shape index (κ3) is 3.82. The molecule has 0 saturated carbocycles. The zero-order chi connectivity index (χ0) is 16.1. The molecule has 0 radical (unpaired) electrons. The largest absolute Gasteiger partial charge is 0.493 e. The highest BCUT2D eigenvalue weighted by Crippen LogP contribution is 2.34. The fourth-order valence-electron chi connectivity index (χ4n) is 3.00. The summed E-state index contributed by atoms with van der Waals surface area (Å²) in [4.78, 5) is 13.5. The van der Waals surface area contributed by atoms with Gasteiger partial charge in [0.1, 0.15) is 0 Å². The Morgan fingerprint density at radius 3 is 2.86 bits per heavy atom. The second-order valence-corrected chi connectivity index (χ2v) is 5.62. The highest BCUT2D eigenvalue weighted by atomic mass is 16.5. The van der Waals surface area contributed by atoms with Crippen molar-refractivity contribution in [1.29, 1.82) is 0 Å². The van der Waals surface area contributed by atoms with Crippen LogP contribution in [0, 0.1) is 0 Å². The van der Waals surface area contributed by atoms with Crippen LogP contribution >= 0.6 is 0 Å². The summed E-state index contributed by atoms with van der Waals surface area (Å²) in [5, 5.41) is 2.87. The van der Waals surface area contributed by atoms with Gasteiger partial charge >= 0.3 is 6.03 Å². The molecule has 0 aromatic heterocycles. The summed E-state index contributed by atoms with van der Waals surface area (Å²) in [6.45, 7) is 4.32. The van der Waals surface area contributed by atoms with Crippen molar-refractivity contribution >= 4 is 6.03 Å². The van der Waals surface area contributed by atoms with Gasteiger partial charge in [-0.3, -0.25) is 0 Å². The summed E-state index contributed by atoms with van der Waals surface area (Å²) in [6, 6.07) is 5.51. The van der Waals surface area contributed by atoms with E-state index in [1.54, 1.807) is 7.11 Å². The number of likely N-dealkylation sites (N-methyl/N-ethyl adjacent to an activating group) is 1. The molecule has 6 nitrogen and oxygen atoms in total. The van der Waals surface area contributed by atoms with Crippen molar-refractivity contribution in [3.8, 4) is 11.5 Å². The molecular weight excluding hydrogens is 282 g/mol. The van der Waals surface area contributed by atoms with Gasteiger partial charge in [-0.15, -0.1) is 0 Å². The Balaban J connectivity index is 2.29. The van der Waals surface area contributed by atoms with Crippen molar-refractivity contribution in [3.63, 3.8) is 0 Å². The number of methoxy groups -OCH3 is 1. The quantitative estimate of drug-likeness (QED) is 0.865. The molecule has 2 unspecified atom stereocenters. The van der Waals surface area contributed by atoms with Gasteiger partial charge in [0.15, 0.2) is 11.5 Å². The van der Waals surface area contributed by atoms with Crippen LogP contribution < -0.4 is 20.5 Å². The van der Waals surface area contributed by atoms with Crippen LogP contribution in [0.25, 0.3) is 0 Å². The van der Waals surface area contributed by atoms with Crippen LogP contribution in [-0.4, -0.2) is 50.8 Å². The molecule has 1 aliphatic rings. The number of nitrogens with zero attached hydrogens (tertiary/aromatic N) is 1. The van der Waals surface area contributed by atoms with Crippen molar-refractivity contribution in [3.05, 3.63) is 23.8 Å². The van der Waals surface area contributed by atoms with E-state index in [2.05, 4.69) is 17.3 Å². The van der Waals surface area contributed by atoms with Crippen molar-refractivity contribution < 1.29 is 14.3 Å². The van der Waals surface area contributed by atoms with E-state index in [9.17, 15) is 4.79 Å². The van der Waals surface area contributed by atoms with Gasteiger partial charge in [0.05, 0.1) is 13.7 Å². The van der Waals surface area contributed by atoms with E-state index in [0.29, 0.717) is 12.4 Å². The molecule has 6 heteroatoms. The minimum absolute atomic E-state index is 0.0385. The van der Waals surface area contributed by atoms with Crippen molar-refractivity contribution in [1.82, 2.24) is 10.2 Å². The average molecular weight is 307 g/mol. The van der Waals surface area contributed by atoms with E-state index in [1.165, 1.54) is 0 Å². The number of amides is 2. The lowest BCUT2D eigenvalue weighted by molar-refractivity contribution is 0.200. The Labute approximate surface area is 131 Å². The molecule has 2 amide bonds. The highest BCUT2D eigenvalue weighted by molar-refractivity contribution is 5.72. The second-order valence-electron chi connectivity index (χ2n) is 5.62. The van der Waals surface area contributed by atoms with Crippen LogP contribution in [0.5, 0.6) is 11.5 Å². The molecular formula is C16H25N3O3. The molecule has 3 N–H and O–H groups in total. The summed E-state index contributed by atoms with van der Waals surface area (Å²) in [7, 11) is 3.71. The Morgan fingerprint density at radius 1 is 1.45 bits per heavy atom. The summed E-state index contributed by atoms with van der Waals surface area (Å²) in [5.41, 5.74) is 6.43. The lowest BCUT2D eigenvalue weighted by Gasteiger charge is -2.37. The summed E-state index contributed by atoms with van der Waals surface area (Å²) in [6.07, 6.45) is 0.875. The van der Waals surface area contributed by atoms with E-state index in [4.69, 9.17) is 15.2 Å². The van der Waals surface area contributed by atoms with Gasteiger partial charge in [-0.2, -0.15) is 0 Å². The second kappa shape index (κ2) is 7.35. The predicted molar refractivity (Wildman–Crippen MR) is 85.5 cm³/mol. The molecule has 2 rings (SSSR count). The molecule has 0 aliphatic carbocycles. The Bertz CT molecular complexity index is 521. The zero-order valence-corrected chi connectivity index (χ0v) is 13.5. The lowest BCUT2D eigenvalue weighted by Crippen LogP contribution is -2.50. The minimum Gasteiger partial charge on any atom is -0.493 e. The van der Waals surface area contributed by atoms with Crippen LogP contribution in [0.1, 0.15) is 24.8 Å². The first kappa shape index (κ1) is 16.4. The van der Waals surface area contributed by atoms with E-state index >= 15 is 0 Å². The molecule has 0 bridgehead atoms. The first-order chi connectivity index (χ1) is 10.5. The summed E-state index contributed by atoms with van der Waals surface area (Å²) < 4.78 is 11.0. The topological polar surface area (TPSA) is 76.8 Å². The van der Waals surface area contributed by atoms with Gasteiger partial charge in [-0.05, 0) is 44.6 Å². The first-order valence-corrected chi connectivity index (χ1v) is 7.60. The van der Waals surface area contributed by atoms with Crippen LogP contribution in [-0.2, 0) is 0 Å². The smallest absolute Gasteiger partial charge is 0.312 e. The van der Waals surface area contributed by atoms with Crippen molar-refractivity contribution in [2.45, 2.75) is 25.3 Å². The molecule has 22 heavy (non-hydrogen) atoms. The Hall–Kier alpha value is -1.95. The first-order valence-electron chi connectivity index (χ1n) is 7.60. The highest BCUT2D eigenvalue weighted by Gasteiger charge is 2.30. The van der Waals surface area contributed by atoms with Crippen molar-refractivity contribution in [2.75, 3.05) is 33.9 Å². The van der Waals surface area contributed by atoms with E-state index in [-0.39, 0.29) is 12.0 Å². The summed E-state index contributed by atoms with van der Waals surface area (Å²) >= 11 is 0.